The summed E-state index contributed by atoms with van der Waals surface area (Å²) in [5, 5.41) is 0. The lowest BCUT2D eigenvalue weighted by atomic mass is 9.93. The first-order valence-corrected chi connectivity index (χ1v) is 11.4. The van der Waals surface area contributed by atoms with Crippen LogP contribution in [-0.2, 0) is 16.0 Å². The molecule has 0 aromatic heterocycles. The third kappa shape index (κ3) is 6.41. The first-order valence-electron chi connectivity index (χ1n) is 11.4. The molecule has 0 saturated carbocycles. The van der Waals surface area contributed by atoms with Gasteiger partial charge in [-0.3, -0.25) is 9.79 Å². The molecule has 1 amide bonds. The molecule has 3 aromatic carbocycles. The molecule has 0 unspecified atom stereocenters. The van der Waals surface area contributed by atoms with E-state index in [1.807, 2.05) is 95.3 Å². The van der Waals surface area contributed by atoms with Gasteiger partial charge in [-0.05, 0) is 63.4 Å². The SMILES string of the molecule is Cc1cc(C(N)=O)cc(C)c1C[C@H](N=C(c1ccccc1)c1ccccc1)C(=O)OC(C)(C)C. The van der Waals surface area contributed by atoms with E-state index in [0.717, 1.165) is 33.5 Å². The van der Waals surface area contributed by atoms with Crippen molar-refractivity contribution in [2.45, 2.75) is 52.7 Å². The van der Waals surface area contributed by atoms with Gasteiger partial charge in [0.25, 0.3) is 0 Å². The number of nitrogens with two attached hydrogens (primary N) is 1. The number of benzene rings is 3. The second-order valence-corrected chi connectivity index (χ2v) is 9.42. The zero-order valence-electron chi connectivity index (χ0n) is 20.5. The number of nitrogens with zero attached hydrogens (tertiary/aromatic N) is 1. The molecule has 3 aromatic rings. The van der Waals surface area contributed by atoms with Crippen LogP contribution in [0.15, 0.2) is 77.8 Å². The highest BCUT2D eigenvalue weighted by Gasteiger charge is 2.27. The molecule has 5 heteroatoms. The molecule has 0 saturated heterocycles. The van der Waals surface area contributed by atoms with Crippen LogP contribution in [0.3, 0.4) is 0 Å². The highest BCUT2D eigenvalue weighted by molar-refractivity contribution is 6.13. The predicted molar refractivity (Wildman–Crippen MR) is 136 cm³/mol. The van der Waals surface area contributed by atoms with Gasteiger partial charge < -0.3 is 10.5 Å². The van der Waals surface area contributed by atoms with E-state index < -0.39 is 23.5 Å². The average Bonchev–Trinajstić information content (AvgIpc) is 2.78. The molecule has 0 radical (unpaired) electrons. The fourth-order valence-electron chi connectivity index (χ4n) is 3.87. The number of hydrogen-bond donors (Lipinski definition) is 1. The minimum absolute atomic E-state index is 0.342. The lowest BCUT2D eigenvalue weighted by Crippen LogP contribution is -2.33. The molecule has 0 aliphatic carbocycles. The summed E-state index contributed by atoms with van der Waals surface area (Å²) >= 11 is 0. The van der Waals surface area contributed by atoms with Gasteiger partial charge in [0.05, 0.1) is 5.71 Å². The van der Waals surface area contributed by atoms with E-state index in [9.17, 15) is 9.59 Å². The lowest BCUT2D eigenvalue weighted by molar-refractivity contribution is -0.156. The number of amides is 1. The Balaban J connectivity index is 2.13. The van der Waals surface area contributed by atoms with Crippen LogP contribution in [0.5, 0.6) is 0 Å². The summed E-state index contributed by atoms with van der Waals surface area (Å²) in [6, 6.07) is 22.4. The number of rotatable bonds is 7. The monoisotopic (exact) mass is 456 g/mol. The Labute approximate surface area is 201 Å². The fourth-order valence-corrected chi connectivity index (χ4v) is 3.87. The van der Waals surface area contributed by atoms with Crippen molar-refractivity contribution in [3.05, 3.63) is 106 Å². The molecule has 34 heavy (non-hydrogen) atoms. The normalized spacial score (nSPS) is 12.0. The highest BCUT2D eigenvalue weighted by Crippen LogP contribution is 2.23. The predicted octanol–water partition coefficient (Wildman–Crippen LogP) is 5.19. The van der Waals surface area contributed by atoms with Crippen LogP contribution in [0.4, 0.5) is 0 Å². The van der Waals surface area contributed by atoms with E-state index >= 15 is 0 Å². The van der Waals surface area contributed by atoms with Gasteiger partial charge in [0.2, 0.25) is 5.91 Å². The zero-order valence-corrected chi connectivity index (χ0v) is 20.5. The second kappa shape index (κ2) is 10.5. The molecule has 2 N–H and O–H groups in total. The quantitative estimate of drug-likeness (QED) is 0.392. The Hall–Kier alpha value is -3.73. The maximum atomic E-state index is 13.4. The van der Waals surface area contributed by atoms with E-state index in [4.69, 9.17) is 15.5 Å². The van der Waals surface area contributed by atoms with Crippen LogP contribution in [0.1, 0.15) is 58.9 Å². The van der Waals surface area contributed by atoms with Gasteiger partial charge in [-0.2, -0.15) is 0 Å². The standard InChI is InChI=1S/C29H32N2O3/c1-19-16-23(27(30)32)17-20(2)24(19)18-25(28(33)34-29(3,4)5)31-26(21-12-8-6-9-13-21)22-14-10-7-11-15-22/h6-17,25H,18H2,1-5H3,(H2,30,32)/t25-/m0/s1. The summed E-state index contributed by atoms with van der Waals surface area (Å²) in [6.45, 7) is 9.37. The van der Waals surface area contributed by atoms with E-state index in [0.29, 0.717) is 12.0 Å². The second-order valence-electron chi connectivity index (χ2n) is 9.42. The molecular weight excluding hydrogens is 424 g/mol. The van der Waals surface area contributed by atoms with Gasteiger partial charge in [0.1, 0.15) is 5.60 Å². The number of esters is 1. The highest BCUT2D eigenvalue weighted by atomic mass is 16.6. The summed E-state index contributed by atoms with van der Waals surface area (Å²) in [4.78, 5) is 30.0. The number of aryl methyl sites for hydroxylation is 2. The minimum atomic E-state index is -0.772. The van der Waals surface area contributed by atoms with Crippen LogP contribution >= 0.6 is 0 Å². The van der Waals surface area contributed by atoms with E-state index in [-0.39, 0.29) is 0 Å². The largest absolute Gasteiger partial charge is 0.458 e. The number of primary amides is 1. The number of hydrogen-bond acceptors (Lipinski definition) is 4. The van der Waals surface area contributed by atoms with Gasteiger partial charge >= 0.3 is 5.97 Å². The summed E-state index contributed by atoms with van der Waals surface area (Å²) < 4.78 is 5.77. The number of ether oxygens (including phenoxy) is 1. The van der Waals surface area contributed by atoms with Crippen molar-refractivity contribution in [1.82, 2.24) is 0 Å². The Morgan fingerprint density at radius 1 is 0.853 bits per heavy atom. The van der Waals surface area contributed by atoms with Crippen molar-refractivity contribution in [2.75, 3.05) is 0 Å². The van der Waals surface area contributed by atoms with Gasteiger partial charge in [-0.15, -0.1) is 0 Å². The molecule has 3 rings (SSSR count). The number of carbonyl (C=O) groups excluding carboxylic acids is 2. The van der Waals surface area contributed by atoms with Crippen molar-refractivity contribution < 1.29 is 14.3 Å². The van der Waals surface area contributed by atoms with Crippen LogP contribution in [0.2, 0.25) is 0 Å². The Bertz CT molecular complexity index is 1130. The Kier molecular flexibility index (Phi) is 7.67. The van der Waals surface area contributed by atoms with Crippen molar-refractivity contribution in [1.29, 1.82) is 0 Å². The molecule has 0 bridgehead atoms. The van der Waals surface area contributed by atoms with Crippen molar-refractivity contribution in [2.24, 2.45) is 10.7 Å². The van der Waals surface area contributed by atoms with Crippen LogP contribution in [0, 0.1) is 13.8 Å². The number of carbonyl (C=O) groups is 2. The molecule has 0 heterocycles. The first kappa shape index (κ1) is 24.9. The maximum absolute atomic E-state index is 13.4. The first-order chi connectivity index (χ1) is 16.0. The zero-order chi connectivity index (χ0) is 24.9. The van der Waals surface area contributed by atoms with E-state index in [1.165, 1.54) is 0 Å². The van der Waals surface area contributed by atoms with Crippen molar-refractivity contribution in [3.63, 3.8) is 0 Å². The smallest absolute Gasteiger partial charge is 0.331 e. The van der Waals surface area contributed by atoms with Gasteiger partial charge in [0.15, 0.2) is 6.04 Å². The molecule has 0 spiro atoms. The topological polar surface area (TPSA) is 81.8 Å². The van der Waals surface area contributed by atoms with Crippen molar-refractivity contribution in [3.8, 4) is 0 Å². The van der Waals surface area contributed by atoms with Crippen LogP contribution < -0.4 is 5.73 Å². The number of aliphatic imine (C=N–C) groups is 1. The molecular formula is C29H32N2O3. The summed E-state index contributed by atoms with van der Waals surface area (Å²) in [7, 11) is 0. The molecule has 0 aliphatic heterocycles. The third-order valence-electron chi connectivity index (χ3n) is 5.44. The van der Waals surface area contributed by atoms with Crippen LogP contribution in [-0.4, -0.2) is 29.2 Å². The van der Waals surface area contributed by atoms with E-state index in [1.54, 1.807) is 12.1 Å². The average molecular weight is 457 g/mol. The minimum Gasteiger partial charge on any atom is -0.458 e. The summed E-state index contributed by atoms with van der Waals surface area (Å²) in [6.07, 6.45) is 0.342. The lowest BCUT2D eigenvalue weighted by Gasteiger charge is -2.24. The summed E-state index contributed by atoms with van der Waals surface area (Å²) in [5.41, 5.74) is 10.6. The third-order valence-corrected chi connectivity index (χ3v) is 5.44. The Morgan fingerprint density at radius 3 is 1.74 bits per heavy atom. The van der Waals surface area contributed by atoms with E-state index in [2.05, 4.69) is 0 Å². The molecule has 176 valence electrons. The van der Waals surface area contributed by atoms with Gasteiger partial charge in [-0.25, -0.2) is 4.79 Å². The van der Waals surface area contributed by atoms with Crippen molar-refractivity contribution >= 4 is 17.6 Å². The van der Waals surface area contributed by atoms with Gasteiger partial charge in [0, 0.05) is 23.1 Å². The fraction of sp³-hybridized carbons (Fsp3) is 0.276. The maximum Gasteiger partial charge on any atom is 0.331 e. The molecule has 5 nitrogen and oxygen atoms in total. The summed E-state index contributed by atoms with van der Waals surface area (Å²) in [5.74, 6) is -0.871. The van der Waals surface area contributed by atoms with Crippen LogP contribution in [0.25, 0.3) is 0 Å². The molecule has 1 atom stereocenters. The Morgan fingerprint density at radius 2 is 1.32 bits per heavy atom. The van der Waals surface area contributed by atoms with Gasteiger partial charge in [-0.1, -0.05) is 60.7 Å². The molecule has 0 aliphatic rings. The molecule has 0 fully saturated rings.